The summed E-state index contributed by atoms with van der Waals surface area (Å²) in [6.45, 7) is 0.455. The summed E-state index contributed by atoms with van der Waals surface area (Å²) in [4.78, 5) is 46.3. The fourth-order valence-corrected chi connectivity index (χ4v) is 2.10. The number of hydrogen-bond acceptors (Lipinski definition) is 4. The Kier molecular flexibility index (Phi) is 5.29. The van der Waals surface area contributed by atoms with Gasteiger partial charge >= 0.3 is 12.0 Å². The first-order valence-corrected chi connectivity index (χ1v) is 7.14. The maximum absolute atomic E-state index is 11.9. The third kappa shape index (κ3) is 4.53. The second-order valence-corrected chi connectivity index (χ2v) is 5.09. The number of carboxylic acid groups (broad SMARTS) is 1. The van der Waals surface area contributed by atoms with E-state index in [0.717, 1.165) is 10.5 Å². The van der Waals surface area contributed by atoms with Gasteiger partial charge in [0.1, 0.15) is 0 Å². The zero-order valence-electron chi connectivity index (χ0n) is 12.4. The van der Waals surface area contributed by atoms with Crippen LogP contribution in [-0.2, 0) is 16.1 Å². The van der Waals surface area contributed by atoms with Gasteiger partial charge in [0.15, 0.2) is 0 Å². The molecular formula is C15H17N3O5. The quantitative estimate of drug-likeness (QED) is 0.495. The predicted molar refractivity (Wildman–Crippen MR) is 79.6 cm³/mol. The Hall–Kier alpha value is -2.90. The number of amides is 4. The van der Waals surface area contributed by atoms with Gasteiger partial charge in [-0.05, 0) is 24.1 Å². The minimum absolute atomic E-state index is 0.00510. The Morgan fingerprint density at radius 1 is 1.22 bits per heavy atom. The molecule has 2 rings (SSSR count). The molecule has 0 aromatic heterocycles. The second kappa shape index (κ2) is 7.39. The van der Waals surface area contributed by atoms with Gasteiger partial charge in [-0.25, -0.2) is 4.79 Å². The largest absolute Gasteiger partial charge is 0.481 e. The SMILES string of the molecule is O=C(O)CCCNC(=O)c1ccc(CN2C(=O)CNC2=O)cc1. The second-order valence-electron chi connectivity index (χ2n) is 5.09. The fraction of sp³-hybridized carbons (Fsp3) is 0.333. The minimum Gasteiger partial charge on any atom is -0.481 e. The van der Waals surface area contributed by atoms with E-state index in [1.54, 1.807) is 24.3 Å². The Balaban J connectivity index is 1.86. The van der Waals surface area contributed by atoms with Gasteiger partial charge in [-0.15, -0.1) is 0 Å². The lowest BCUT2D eigenvalue weighted by molar-refractivity contribution is -0.137. The van der Waals surface area contributed by atoms with Crippen LogP contribution in [0, 0.1) is 0 Å². The number of nitrogens with one attached hydrogen (secondary N) is 2. The monoisotopic (exact) mass is 319 g/mol. The van der Waals surface area contributed by atoms with E-state index >= 15 is 0 Å². The van der Waals surface area contributed by atoms with E-state index in [1.807, 2.05) is 0 Å². The van der Waals surface area contributed by atoms with Crippen molar-refractivity contribution in [2.45, 2.75) is 19.4 Å². The zero-order chi connectivity index (χ0) is 16.8. The standard InChI is InChI=1S/C15H17N3O5/c19-12-8-17-15(23)18(12)9-10-3-5-11(6-4-10)14(22)16-7-1-2-13(20)21/h3-6H,1-2,7-9H2,(H,16,22)(H,17,23)(H,20,21). The number of urea groups is 1. The van der Waals surface area contributed by atoms with Gasteiger partial charge in [-0.1, -0.05) is 12.1 Å². The lowest BCUT2D eigenvalue weighted by Gasteiger charge is -2.12. The van der Waals surface area contributed by atoms with Gasteiger partial charge in [-0.3, -0.25) is 19.3 Å². The van der Waals surface area contributed by atoms with Crippen LogP contribution >= 0.6 is 0 Å². The van der Waals surface area contributed by atoms with Gasteiger partial charge in [0, 0.05) is 18.5 Å². The van der Waals surface area contributed by atoms with Gasteiger partial charge < -0.3 is 15.7 Å². The molecule has 8 nitrogen and oxygen atoms in total. The third-order valence-corrected chi connectivity index (χ3v) is 3.35. The first-order chi connectivity index (χ1) is 11.0. The third-order valence-electron chi connectivity index (χ3n) is 3.35. The molecule has 4 amide bonds. The van der Waals surface area contributed by atoms with E-state index in [2.05, 4.69) is 10.6 Å². The highest BCUT2D eigenvalue weighted by Gasteiger charge is 2.28. The zero-order valence-corrected chi connectivity index (χ0v) is 12.4. The Morgan fingerprint density at radius 2 is 1.91 bits per heavy atom. The molecule has 0 unspecified atom stereocenters. The van der Waals surface area contributed by atoms with Crippen molar-refractivity contribution in [3.63, 3.8) is 0 Å². The number of aliphatic carboxylic acids is 1. The summed E-state index contributed by atoms with van der Waals surface area (Å²) in [6, 6.07) is 6.12. The highest BCUT2D eigenvalue weighted by Crippen LogP contribution is 2.10. The molecular weight excluding hydrogens is 302 g/mol. The van der Waals surface area contributed by atoms with E-state index in [0.29, 0.717) is 12.0 Å². The van der Waals surface area contributed by atoms with Gasteiger partial charge in [0.05, 0.1) is 13.1 Å². The lowest BCUT2D eigenvalue weighted by Crippen LogP contribution is -2.30. The highest BCUT2D eigenvalue weighted by molar-refractivity contribution is 6.01. The van der Waals surface area contributed by atoms with E-state index in [9.17, 15) is 19.2 Å². The average molecular weight is 319 g/mol. The number of rotatable bonds is 7. The van der Waals surface area contributed by atoms with Crippen LogP contribution in [0.2, 0.25) is 0 Å². The van der Waals surface area contributed by atoms with Crippen molar-refractivity contribution in [2.75, 3.05) is 13.1 Å². The van der Waals surface area contributed by atoms with Crippen molar-refractivity contribution in [1.82, 2.24) is 15.5 Å². The fourth-order valence-electron chi connectivity index (χ4n) is 2.10. The number of imide groups is 1. The highest BCUT2D eigenvalue weighted by atomic mass is 16.4. The van der Waals surface area contributed by atoms with Crippen molar-refractivity contribution in [3.8, 4) is 0 Å². The smallest absolute Gasteiger partial charge is 0.324 e. The summed E-state index contributed by atoms with van der Waals surface area (Å²) in [7, 11) is 0. The number of carboxylic acids is 1. The van der Waals surface area contributed by atoms with Crippen LogP contribution in [0.1, 0.15) is 28.8 Å². The average Bonchev–Trinajstić information content (AvgIpc) is 2.84. The summed E-state index contributed by atoms with van der Waals surface area (Å²) in [5, 5.41) is 13.6. The van der Waals surface area contributed by atoms with Crippen molar-refractivity contribution in [3.05, 3.63) is 35.4 Å². The van der Waals surface area contributed by atoms with E-state index in [1.165, 1.54) is 0 Å². The number of carbonyl (C=O) groups excluding carboxylic acids is 3. The van der Waals surface area contributed by atoms with Crippen molar-refractivity contribution >= 4 is 23.8 Å². The molecule has 1 heterocycles. The minimum atomic E-state index is -0.899. The summed E-state index contributed by atoms with van der Waals surface area (Å²) < 4.78 is 0. The molecule has 122 valence electrons. The van der Waals surface area contributed by atoms with Crippen LogP contribution in [0.3, 0.4) is 0 Å². The maximum atomic E-state index is 11.9. The van der Waals surface area contributed by atoms with Crippen LogP contribution in [0.15, 0.2) is 24.3 Å². The van der Waals surface area contributed by atoms with Crippen LogP contribution < -0.4 is 10.6 Å². The molecule has 0 aliphatic carbocycles. The molecule has 0 spiro atoms. The summed E-state index contributed by atoms with van der Waals surface area (Å²) in [5.74, 6) is -1.48. The normalized spacial score (nSPS) is 13.8. The van der Waals surface area contributed by atoms with E-state index < -0.39 is 12.0 Å². The Morgan fingerprint density at radius 3 is 2.48 bits per heavy atom. The Bertz CT molecular complexity index is 611. The van der Waals surface area contributed by atoms with Crippen LogP contribution in [0.25, 0.3) is 0 Å². The first kappa shape index (κ1) is 16.5. The number of carbonyl (C=O) groups is 4. The molecule has 1 fully saturated rings. The topological polar surface area (TPSA) is 116 Å². The van der Waals surface area contributed by atoms with Gasteiger partial charge in [0.2, 0.25) is 5.91 Å². The first-order valence-electron chi connectivity index (χ1n) is 7.14. The molecule has 0 bridgehead atoms. The van der Waals surface area contributed by atoms with E-state index in [4.69, 9.17) is 5.11 Å². The van der Waals surface area contributed by atoms with E-state index in [-0.39, 0.29) is 37.9 Å². The molecule has 3 N–H and O–H groups in total. The molecule has 1 aliphatic heterocycles. The van der Waals surface area contributed by atoms with Crippen LogP contribution in [0.4, 0.5) is 4.79 Å². The predicted octanol–water partition coefficient (Wildman–Crippen LogP) is 0.333. The molecule has 23 heavy (non-hydrogen) atoms. The summed E-state index contributed by atoms with van der Waals surface area (Å²) in [6.07, 6.45) is 0.372. The molecule has 1 saturated heterocycles. The molecule has 1 aromatic rings. The van der Waals surface area contributed by atoms with Crippen LogP contribution in [0.5, 0.6) is 0 Å². The molecule has 0 atom stereocenters. The lowest BCUT2D eigenvalue weighted by atomic mass is 10.1. The molecule has 8 heteroatoms. The molecule has 1 aliphatic rings. The summed E-state index contributed by atoms with van der Waals surface area (Å²) in [5.41, 5.74) is 1.17. The van der Waals surface area contributed by atoms with Crippen molar-refractivity contribution in [1.29, 1.82) is 0 Å². The van der Waals surface area contributed by atoms with Crippen molar-refractivity contribution in [2.24, 2.45) is 0 Å². The molecule has 1 aromatic carbocycles. The van der Waals surface area contributed by atoms with Gasteiger partial charge in [-0.2, -0.15) is 0 Å². The number of hydrogen-bond donors (Lipinski definition) is 3. The maximum Gasteiger partial charge on any atom is 0.324 e. The number of nitrogens with zero attached hydrogens (tertiary/aromatic N) is 1. The Labute approximate surface area is 132 Å². The molecule has 0 radical (unpaired) electrons. The van der Waals surface area contributed by atoms with Crippen LogP contribution in [-0.4, -0.2) is 46.9 Å². The molecule has 0 saturated carbocycles. The van der Waals surface area contributed by atoms with Crippen molar-refractivity contribution < 1.29 is 24.3 Å². The summed E-state index contributed by atoms with van der Waals surface area (Å²) >= 11 is 0. The number of benzene rings is 1. The van der Waals surface area contributed by atoms with Gasteiger partial charge in [0.25, 0.3) is 5.91 Å².